The third-order valence-electron chi connectivity index (χ3n) is 3.17. The van der Waals surface area contributed by atoms with E-state index in [1.165, 1.54) is 24.3 Å². The number of hydrogen-bond acceptors (Lipinski definition) is 3. The predicted molar refractivity (Wildman–Crippen MR) is 71.3 cm³/mol. The highest BCUT2D eigenvalue weighted by atomic mass is 35.5. The van der Waals surface area contributed by atoms with Crippen LogP contribution in [0.1, 0.15) is 24.6 Å². The molecule has 2 heterocycles. The fraction of sp³-hybridized carbons (Fsp3) is 0.667. The minimum absolute atomic E-state index is 0.694. The quantitative estimate of drug-likeness (QED) is 0.893. The van der Waals surface area contributed by atoms with Gasteiger partial charge in [0.1, 0.15) is 0 Å². The molecule has 1 unspecified atom stereocenters. The number of nitrogens with one attached hydrogen (secondary N) is 1. The lowest BCUT2D eigenvalue weighted by Gasteiger charge is -2.33. The zero-order valence-corrected chi connectivity index (χ0v) is 11.3. The van der Waals surface area contributed by atoms with Crippen molar-refractivity contribution in [1.29, 1.82) is 0 Å². The lowest BCUT2D eigenvalue weighted by Crippen LogP contribution is -2.45. The molecule has 90 valence electrons. The zero-order valence-electron chi connectivity index (χ0n) is 9.71. The Morgan fingerprint density at radius 2 is 2.50 bits per heavy atom. The second kappa shape index (κ2) is 6.01. The summed E-state index contributed by atoms with van der Waals surface area (Å²) < 4.78 is 0. The van der Waals surface area contributed by atoms with E-state index in [4.69, 9.17) is 11.6 Å². The molecule has 0 bridgehead atoms. The molecule has 1 atom stereocenters. The number of piperidine rings is 1. The second-order valence-electron chi connectivity index (χ2n) is 4.29. The number of thiophene rings is 1. The van der Waals surface area contributed by atoms with E-state index < -0.39 is 0 Å². The van der Waals surface area contributed by atoms with E-state index in [1.807, 2.05) is 5.38 Å². The summed E-state index contributed by atoms with van der Waals surface area (Å²) in [4.78, 5) is 3.92. The Labute approximate surface area is 107 Å². The zero-order chi connectivity index (χ0) is 11.4. The highest BCUT2D eigenvalue weighted by Gasteiger charge is 2.19. The summed E-state index contributed by atoms with van der Waals surface area (Å²) in [5.74, 6) is 0. The number of likely N-dealkylation sites (N-methyl/N-ethyl adjacent to an activating group) is 1. The second-order valence-corrected chi connectivity index (χ2v) is 5.73. The molecule has 1 saturated heterocycles. The molecule has 0 radical (unpaired) electrons. The molecule has 1 aliphatic rings. The molecule has 1 N–H and O–H groups in total. The highest BCUT2D eigenvalue weighted by Crippen LogP contribution is 2.22. The Morgan fingerprint density at radius 3 is 3.06 bits per heavy atom. The molecule has 1 aromatic rings. The summed E-state index contributed by atoms with van der Waals surface area (Å²) in [6, 6.07) is 2.78. The van der Waals surface area contributed by atoms with Crippen LogP contribution >= 0.6 is 22.9 Å². The molecule has 1 aromatic heterocycles. The van der Waals surface area contributed by atoms with E-state index in [1.54, 1.807) is 11.3 Å². The van der Waals surface area contributed by atoms with Gasteiger partial charge in [-0.3, -0.25) is 4.90 Å². The molecule has 0 aliphatic carbocycles. The van der Waals surface area contributed by atoms with Gasteiger partial charge in [-0.15, -0.1) is 11.3 Å². The Balaban J connectivity index is 1.94. The van der Waals surface area contributed by atoms with E-state index in [0.717, 1.165) is 24.7 Å². The van der Waals surface area contributed by atoms with Crippen molar-refractivity contribution in [3.63, 3.8) is 0 Å². The van der Waals surface area contributed by atoms with Gasteiger partial charge in [-0.1, -0.05) is 18.5 Å². The average molecular weight is 259 g/mol. The van der Waals surface area contributed by atoms with Crippen molar-refractivity contribution < 1.29 is 0 Å². The van der Waals surface area contributed by atoms with Crippen LogP contribution in [0, 0.1) is 0 Å². The maximum absolute atomic E-state index is 5.95. The molecular formula is C12H19ClN2S. The SMILES string of the molecule is CCN(Cc1cc(Cl)cs1)C1CCCNC1. The summed E-state index contributed by atoms with van der Waals surface area (Å²) in [6.45, 7) is 6.71. The van der Waals surface area contributed by atoms with Crippen molar-refractivity contribution in [1.82, 2.24) is 10.2 Å². The van der Waals surface area contributed by atoms with Crippen LogP contribution in [0.5, 0.6) is 0 Å². The highest BCUT2D eigenvalue weighted by molar-refractivity contribution is 7.10. The Morgan fingerprint density at radius 1 is 1.62 bits per heavy atom. The van der Waals surface area contributed by atoms with Gasteiger partial charge in [0.25, 0.3) is 0 Å². The van der Waals surface area contributed by atoms with Gasteiger partial charge in [0, 0.05) is 29.4 Å². The van der Waals surface area contributed by atoms with Crippen LogP contribution in [-0.4, -0.2) is 30.6 Å². The molecule has 0 amide bonds. The van der Waals surface area contributed by atoms with Gasteiger partial charge in [-0.05, 0) is 32.0 Å². The fourth-order valence-corrected chi connectivity index (χ4v) is 3.38. The van der Waals surface area contributed by atoms with Crippen LogP contribution in [0.15, 0.2) is 11.4 Å². The van der Waals surface area contributed by atoms with Crippen molar-refractivity contribution in [2.75, 3.05) is 19.6 Å². The fourth-order valence-electron chi connectivity index (χ4n) is 2.28. The van der Waals surface area contributed by atoms with E-state index >= 15 is 0 Å². The van der Waals surface area contributed by atoms with E-state index in [0.29, 0.717) is 6.04 Å². The lowest BCUT2D eigenvalue weighted by atomic mass is 10.1. The van der Waals surface area contributed by atoms with Gasteiger partial charge in [-0.25, -0.2) is 0 Å². The van der Waals surface area contributed by atoms with Gasteiger partial charge in [0.15, 0.2) is 0 Å². The number of nitrogens with zero attached hydrogens (tertiary/aromatic N) is 1. The largest absolute Gasteiger partial charge is 0.315 e. The van der Waals surface area contributed by atoms with Crippen LogP contribution in [0.3, 0.4) is 0 Å². The molecule has 1 fully saturated rings. The van der Waals surface area contributed by atoms with Crippen molar-refractivity contribution in [3.8, 4) is 0 Å². The number of hydrogen-bond donors (Lipinski definition) is 1. The van der Waals surface area contributed by atoms with Crippen LogP contribution in [0.4, 0.5) is 0 Å². The van der Waals surface area contributed by atoms with Crippen molar-refractivity contribution >= 4 is 22.9 Å². The Kier molecular flexibility index (Phi) is 4.65. The van der Waals surface area contributed by atoms with Gasteiger partial charge in [0.05, 0.1) is 5.02 Å². The molecule has 1 aliphatic heterocycles. The molecular weight excluding hydrogens is 240 g/mol. The van der Waals surface area contributed by atoms with Crippen LogP contribution in [-0.2, 0) is 6.54 Å². The standard InChI is InChI=1S/C12H19ClN2S/c1-2-15(11-4-3-5-14-7-11)8-12-6-10(13)9-16-12/h6,9,11,14H,2-5,7-8H2,1H3. The first-order valence-electron chi connectivity index (χ1n) is 5.97. The predicted octanol–water partition coefficient (Wildman–Crippen LogP) is 2.98. The Bertz CT molecular complexity index is 321. The summed E-state index contributed by atoms with van der Waals surface area (Å²) in [5, 5.41) is 6.37. The van der Waals surface area contributed by atoms with E-state index in [-0.39, 0.29) is 0 Å². The first-order chi connectivity index (χ1) is 7.79. The van der Waals surface area contributed by atoms with Crippen LogP contribution in [0.25, 0.3) is 0 Å². The van der Waals surface area contributed by atoms with Crippen LogP contribution < -0.4 is 5.32 Å². The lowest BCUT2D eigenvalue weighted by molar-refractivity contribution is 0.167. The smallest absolute Gasteiger partial charge is 0.0516 e. The van der Waals surface area contributed by atoms with Gasteiger partial charge < -0.3 is 5.32 Å². The minimum atomic E-state index is 0.694. The third-order valence-corrected chi connectivity index (χ3v) is 4.44. The van der Waals surface area contributed by atoms with Crippen molar-refractivity contribution in [2.24, 2.45) is 0 Å². The maximum atomic E-state index is 5.95. The summed E-state index contributed by atoms with van der Waals surface area (Å²) in [6.07, 6.45) is 2.62. The maximum Gasteiger partial charge on any atom is 0.0516 e. The number of halogens is 1. The van der Waals surface area contributed by atoms with Crippen molar-refractivity contribution in [2.45, 2.75) is 32.4 Å². The van der Waals surface area contributed by atoms with E-state index in [9.17, 15) is 0 Å². The van der Waals surface area contributed by atoms with E-state index in [2.05, 4.69) is 23.2 Å². The molecule has 16 heavy (non-hydrogen) atoms. The molecule has 0 aromatic carbocycles. The van der Waals surface area contributed by atoms with Crippen LogP contribution in [0.2, 0.25) is 5.02 Å². The average Bonchev–Trinajstić information content (AvgIpc) is 2.73. The first kappa shape index (κ1) is 12.4. The molecule has 0 spiro atoms. The summed E-state index contributed by atoms with van der Waals surface area (Å²) >= 11 is 7.72. The van der Waals surface area contributed by atoms with Gasteiger partial charge >= 0.3 is 0 Å². The summed E-state index contributed by atoms with van der Waals surface area (Å²) in [5.41, 5.74) is 0. The van der Waals surface area contributed by atoms with Crippen molar-refractivity contribution in [3.05, 3.63) is 21.3 Å². The topological polar surface area (TPSA) is 15.3 Å². The summed E-state index contributed by atoms with van der Waals surface area (Å²) in [7, 11) is 0. The number of rotatable bonds is 4. The monoisotopic (exact) mass is 258 g/mol. The minimum Gasteiger partial charge on any atom is -0.315 e. The van der Waals surface area contributed by atoms with Gasteiger partial charge in [0.2, 0.25) is 0 Å². The molecule has 2 rings (SSSR count). The molecule has 0 saturated carbocycles. The molecule has 2 nitrogen and oxygen atoms in total. The normalized spacial score (nSPS) is 21.6. The first-order valence-corrected chi connectivity index (χ1v) is 7.23. The third kappa shape index (κ3) is 3.20. The Hall–Kier alpha value is -0.0900. The molecule has 4 heteroatoms. The van der Waals surface area contributed by atoms with Gasteiger partial charge in [-0.2, -0.15) is 0 Å².